The minimum Gasteiger partial charge on any atom is -0.379 e. The van der Waals surface area contributed by atoms with Crippen LogP contribution in [-0.4, -0.2) is 93.3 Å². The summed E-state index contributed by atoms with van der Waals surface area (Å²) >= 11 is 0. The largest absolute Gasteiger partial charge is 0.379 e. The van der Waals surface area contributed by atoms with Gasteiger partial charge in [0.1, 0.15) is 18.1 Å². The van der Waals surface area contributed by atoms with E-state index >= 15 is 0 Å². The van der Waals surface area contributed by atoms with Crippen LogP contribution in [0.4, 0.5) is 4.39 Å². The van der Waals surface area contributed by atoms with Gasteiger partial charge in [0.15, 0.2) is 0 Å². The Morgan fingerprint density at radius 3 is 2.44 bits per heavy atom. The monoisotopic (exact) mass is 535 g/mol. The van der Waals surface area contributed by atoms with E-state index in [9.17, 15) is 19.1 Å². The van der Waals surface area contributed by atoms with E-state index in [1.165, 1.54) is 12.1 Å². The molecule has 11 heteroatoms. The highest BCUT2D eigenvalue weighted by Crippen LogP contribution is 2.41. The number of aliphatic hydroxyl groups excluding tert-OH is 1. The fraction of sp³-hybridized carbons (Fsp3) is 0.429. The molecule has 2 heterocycles. The zero-order chi connectivity index (χ0) is 27.4. The number of benzene rings is 2. The lowest BCUT2D eigenvalue weighted by Crippen LogP contribution is -2.54. The third-order valence-corrected chi connectivity index (χ3v) is 7.46. The zero-order valence-electron chi connectivity index (χ0n) is 21.9. The number of amides is 2. The number of aromatic nitrogens is 3. The summed E-state index contributed by atoms with van der Waals surface area (Å²) in [6.07, 6.45) is 3.89. The predicted molar refractivity (Wildman–Crippen MR) is 143 cm³/mol. The highest BCUT2D eigenvalue weighted by atomic mass is 19.1. The second-order valence-corrected chi connectivity index (χ2v) is 10.3. The fourth-order valence-electron chi connectivity index (χ4n) is 4.97. The fourth-order valence-corrected chi connectivity index (χ4v) is 4.97. The van der Waals surface area contributed by atoms with Crippen LogP contribution in [-0.2, 0) is 4.79 Å². The molecule has 3 N–H and O–H groups in total. The summed E-state index contributed by atoms with van der Waals surface area (Å²) in [5.74, 6) is -0.538. The van der Waals surface area contributed by atoms with Gasteiger partial charge in [0.25, 0.3) is 5.91 Å². The maximum atomic E-state index is 13.4. The van der Waals surface area contributed by atoms with Gasteiger partial charge < -0.3 is 20.2 Å². The summed E-state index contributed by atoms with van der Waals surface area (Å²) in [6, 6.07) is 12.7. The first kappa shape index (κ1) is 26.9. The summed E-state index contributed by atoms with van der Waals surface area (Å²) in [4.78, 5) is 30.5. The predicted octanol–water partition coefficient (Wildman–Crippen LogP) is 1.52. The van der Waals surface area contributed by atoms with Gasteiger partial charge in [-0.1, -0.05) is 17.3 Å². The van der Waals surface area contributed by atoms with Crippen molar-refractivity contribution in [1.29, 1.82) is 0 Å². The number of hydrogen-bond acceptors (Lipinski definition) is 7. The quantitative estimate of drug-likeness (QED) is 0.337. The molecule has 4 atom stereocenters. The van der Waals surface area contributed by atoms with Gasteiger partial charge >= 0.3 is 0 Å². The molecule has 0 unspecified atom stereocenters. The van der Waals surface area contributed by atoms with E-state index in [1.54, 1.807) is 58.4 Å². The molecule has 3 aromatic rings. The van der Waals surface area contributed by atoms with Crippen molar-refractivity contribution in [2.75, 3.05) is 33.2 Å². The Kier molecular flexibility index (Phi) is 8.30. The molecule has 0 bridgehead atoms. The number of carbonyl (C=O) groups is 2. The topological polar surface area (TPSA) is 116 Å². The van der Waals surface area contributed by atoms with Crippen molar-refractivity contribution in [2.45, 2.75) is 43.5 Å². The number of nitrogens with zero attached hydrogens (tertiary/aromatic N) is 5. The second-order valence-electron chi connectivity index (χ2n) is 10.3. The van der Waals surface area contributed by atoms with Gasteiger partial charge in [0.05, 0.1) is 18.1 Å². The number of halogens is 1. The Morgan fingerprint density at radius 1 is 1.05 bits per heavy atom. The molecule has 1 aliphatic heterocycles. The number of rotatable bonds is 10. The number of carbonyl (C=O) groups excluding carboxylic acids is 2. The van der Waals surface area contributed by atoms with Crippen LogP contribution in [0.1, 0.15) is 41.1 Å². The maximum absolute atomic E-state index is 13.4. The Balaban J connectivity index is 1.19. The van der Waals surface area contributed by atoms with Crippen molar-refractivity contribution >= 4 is 11.8 Å². The Bertz CT molecular complexity index is 1250. The van der Waals surface area contributed by atoms with Crippen LogP contribution >= 0.6 is 0 Å². The Morgan fingerprint density at radius 2 is 1.77 bits per heavy atom. The van der Waals surface area contributed by atoms with Gasteiger partial charge in [0.2, 0.25) is 5.91 Å². The highest BCUT2D eigenvalue weighted by molar-refractivity contribution is 5.97. The standard InChI is InChI=1S/C28H34FN7O3/c1-34-14-16-35(17-15-34)28(39)24(32-27(38)20-4-8-22(9-5-20)36-13-12-30-33-36)10-11-26(37)31-25-18-23(25)19-2-6-21(29)7-3-19/h2-9,12-13,23-26,31,37H,10-11,14-18H2,1H3,(H,32,38)/t23-,24-,25+,26+/m0/s1. The number of hydrogen-bond donors (Lipinski definition) is 3. The van der Waals surface area contributed by atoms with E-state index in [2.05, 4.69) is 25.8 Å². The van der Waals surface area contributed by atoms with Gasteiger partial charge in [-0.05, 0) is 68.3 Å². The molecular weight excluding hydrogens is 501 g/mol. The second kappa shape index (κ2) is 12.0. The molecule has 206 valence electrons. The van der Waals surface area contributed by atoms with E-state index in [-0.39, 0.29) is 36.0 Å². The summed E-state index contributed by atoms with van der Waals surface area (Å²) in [5.41, 5.74) is 2.22. The first-order valence-corrected chi connectivity index (χ1v) is 13.3. The zero-order valence-corrected chi connectivity index (χ0v) is 21.9. The van der Waals surface area contributed by atoms with Gasteiger partial charge in [-0.3, -0.25) is 14.9 Å². The van der Waals surface area contributed by atoms with E-state index < -0.39 is 12.3 Å². The number of likely N-dealkylation sites (N-methyl/N-ethyl adjacent to an activating group) is 1. The molecule has 2 aliphatic rings. The molecule has 2 amide bonds. The van der Waals surface area contributed by atoms with Crippen molar-refractivity contribution in [3.63, 3.8) is 0 Å². The summed E-state index contributed by atoms with van der Waals surface area (Å²) in [7, 11) is 2.02. The number of nitrogens with one attached hydrogen (secondary N) is 2. The van der Waals surface area contributed by atoms with E-state index in [1.807, 2.05) is 7.05 Å². The molecular formula is C28H34FN7O3. The molecule has 0 radical (unpaired) electrons. The SMILES string of the molecule is CN1CCN(C(=O)[C@H](CC[C@@H](O)N[C@@H]2C[C@H]2c2ccc(F)cc2)NC(=O)c2ccc(-n3ccnn3)cc2)CC1. The van der Waals surface area contributed by atoms with Gasteiger partial charge in [-0.25, -0.2) is 9.07 Å². The minimum atomic E-state index is -0.831. The van der Waals surface area contributed by atoms with Crippen LogP contribution in [0.2, 0.25) is 0 Å². The lowest BCUT2D eigenvalue weighted by atomic mass is 10.1. The van der Waals surface area contributed by atoms with Crippen molar-refractivity contribution in [3.8, 4) is 5.69 Å². The van der Waals surface area contributed by atoms with Crippen molar-refractivity contribution in [2.24, 2.45) is 0 Å². The van der Waals surface area contributed by atoms with E-state index in [4.69, 9.17) is 0 Å². The smallest absolute Gasteiger partial charge is 0.251 e. The van der Waals surface area contributed by atoms with Gasteiger partial charge in [0, 0.05) is 43.7 Å². The van der Waals surface area contributed by atoms with Crippen LogP contribution in [0, 0.1) is 5.82 Å². The van der Waals surface area contributed by atoms with Crippen molar-refractivity contribution < 1.29 is 19.1 Å². The molecule has 1 aliphatic carbocycles. The summed E-state index contributed by atoms with van der Waals surface area (Å²) < 4.78 is 14.8. The average Bonchev–Trinajstić information content (AvgIpc) is 3.48. The summed E-state index contributed by atoms with van der Waals surface area (Å²) in [6.45, 7) is 2.73. The normalized spacial score (nSPS) is 20.8. The third kappa shape index (κ3) is 6.86. The molecule has 1 saturated heterocycles. The molecule has 2 aromatic carbocycles. The Labute approximate surface area is 226 Å². The number of aliphatic hydroxyl groups is 1. The molecule has 39 heavy (non-hydrogen) atoms. The summed E-state index contributed by atoms with van der Waals surface area (Å²) in [5, 5.41) is 24.5. The molecule has 5 rings (SSSR count). The minimum absolute atomic E-state index is 0.0929. The molecule has 1 aromatic heterocycles. The molecule has 2 fully saturated rings. The molecule has 0 spiro atoms. The van der Waals surface area contributed by atoms with E-state index in [0.29, 0.717) is 25.1 Å². The van der Waals surface area contributed by atoms with Crippen LogP contribution < -0.4 is 10.6 Å². The van der Waals surface area contributed by atoms with Gasteiger partial charge in [-0.15, -0.1) is 5.10 Å². The first-order valence-electron chi connectivity index (χ1n) is 13.3. The van der Waals surface area contributed by atoms with Gasteiger partial charge in [-0.2, -0.15) is 0 Å². The maximum Gasteiger partial charge on any atom is 0.251 e. The van der Waals surface area contributed by atoms with Crippen molar-refractivity contribution in [3.05, 3.63) is 77.9 Å². The highest BCUT2D eigenvalue weighted by Gasteiger charge is 2.39. The van der Waals surface area contributed by atoms with Crippen LogP contribution in [0.3, 0.4) is 0 Å². The number of piperazine rings is 1. The van der Waals surface area contributed by atoms with Crippen LogP contribution in [0.5, 0.6) is 0 Å². The van der Waals surface area contributed by atoms with Crippen LogP contribution in [0.15, 0.2) is 60.9 Å². The third-order valence-electron chi connectivity index (χ3n) is 7.46. The first-order chi connectivity index (χ1) is 18.9. The molecule has 10 nitrogen and oxygen atoms in total. The lowest BCUT2D eigenvalue weighted by Gasteiger charge is -2.35. The average molecular weight is 536 g/mol. The van der Waals surface area contributed by atoms with Crippen molar-refractivity contribution in [1.82, 2.24) is 35.4 Å². The Hall–Kier alpha value is -3.67. The molecule has 1 saturated carbocycles. The lowest BCUT2D eigenvalue weighted by molar-refractivity contribution is -0.135. The van der Waals surface area contributed by atoms with E-state index in [0.717, 1.165) is 30.8 Å². The van der Waals surface area contributed by atoms with Crippen LogP contribution in [0.25, 0.3) is 5.69 Å².